The van der Waals surface area contributed by atoms with Gasteiger partial charge in [0.1, 0.15) is 11.5 Å². The summed E-state index contributed by atoms with van der Waals surface area (Å²) >= 11 is 0. The van der Waals surface area contributed by atoms with Gasteiger partial charge in [-0.05, 0) is 71.8 Å². The number of anilines is 3. The van der Waals surface area contributed by atoms with Gasteiger partial charge in [-0.25, -0.2) is 4.79 Å². The van der Waals surface area contributed by atoms with Crippen LogP contribution in [0.15, 0.2) is 97.3 Å². The van der Waals surface area contributed by atoms with Crippen LogP contribution in [-0.2, 0) is 11.3 Å². The lowest BCUT2D eigenvalue weighted by Crippen LogP contribution is -2.36. The summed E-state index contributed by atoms with van der Waals surface area (Å²) in [5, 5.41) is 8.89. The molecule has 0 aliphatic carbocycles. The summed E-state index contributed by atoms with van der Waals surface area (Å²) in [5.74, 6) is 0.744. The van der Waals surface area contributed by atoms with E-state index < -0.39 is 5.97 Å². The largest absolute Gasteiger partial charge is 0.497 e. The van der Waals surface area contributed by atoms with Gasteiger partial charge in [0.15, 0.2) is 12.4 Å². The number of nitrogens with zero attached hydrogens (tertiary/aromatic N) is 2. The average Bonchev–Trinajstić information content (AvgIpc) is 2.90. The summed E-state index contributed by atoms with van der Waals surface area (Å²) in [5.41, 5.74) is 5.09. The standard InChI is InChI=1S/C29H26N2O4/c1-34-27-13-9-25(10-14-27)31(26-11-15-28(35-2)16-12-26)24-7-5-22(6-8-24)3-4-23-17-19-30(20-18-23)21-29(32)33/h3-20H,21H2,1-2H3/p+1. The molecule has 1 N–H and O–H groups in total. The van der Waals surface area contributed by atoms with Gasteiger partial charge in [0.25, 0.3) is 0 Å². The minimum atomic E-state index is -0.864. The van der Waals surface area contributed by atoms with Crippen molar-refractivity contribution >= 4 is 35.2 Å². The Morgan fingerprint density at radius 3 is 1.51 bits per heavy atom. The van der Waals surface area contributed by atoms with Gasteiger partial charge in [-0.15, -0.1) is 0 Å². The van der Waals surface area contributed by atoms with E-state index in [4.69, 9.17) is 14.6 Å². The third-order valence-corrected chi connectivity index (χ3v) is 5.52. The number of aliphatic carboxylic acids is 1. The number of hydrogen-bond acceptors (Lipinski definition) is 4. The van der Waals surface area contributed by atoms with Crippen molar-refractivity contribution in [1.82, 2.24) is 0 Å². The molecule has 6 nitrogen and oxygen atoms in total. The molecule has 0 radical (unpaired) electrons. The number of hydrogen-bond donors (Lipinski definition) is 1. The number of carbonyl (C=O) groups is 1. The number of carboxylic acids is 1. The molecule has 0 fully saturated rings. The fourth-order valence-corrected chi connectivity index (χ4v) is 3.68. The Balaban J connectivity index is 1.58. The molecule has 0 bridgehead atoms. The lowest BCUT2D eigenvalue weighted by molar-refractivity contribution is -0.685. The van der Waals surface area contributed by atoms with Crippen LogP contribution in [0.3, 0.4) is 0 Å². The van der Waals surface area contributed by atoms with E-state index >= 15 is 0 Å². The topological polar surface area (TPSA) is 62.9 Å². The van der Waals surface area contributed by atoms with Crippen LogP contribution in [0.1, 0.15) is 11.1 Å². The number of rotatable bonds is 9. The van der Waals surface area contributed by atoms with E-state index in [1.165, 1.54) is 0 Å². The van der Waals surface area contributed by atoms with Gasteiger partial charge in [0.2, 0.25) is 6.54 Å². The molecule has 0 aliphatic rings. The number of ether oxygens (including phenoxy) is 2. The number of pyridine rings is 1. The fraction of sp³-hybridized carbons (Fsp3) is 0.103. The minimum absolute atomic E-state index is 0.0512. The molecular weight excluding hydrogens is 440 g/mol. The summed E-state index contributed by atoms with van der Waals surface area (Å²) in [6.45, 7) is -0.0512. The first kappa shape index (κ1) is 23.6. The van der Waals surface area contributed by atoms with E-state index in [0.717, 1.165) is 39.7 Å². The summed E-state index contributed by atoms with van der Waals surface area (Å²) in [6.07, 6.45) is 7.56. The highest BCUT2D eigenvalue weighted by Gasteiger charge is 2.13. The van der Waals surface area contributed by atoms with Crippen molar-refractivity contribution in [1.29, 1.82) is 0 Å². The van der Waals surface area contributed by atoms with Crippen molar-refractivity contribution in [3.8, 4) is 11.5 Å². The number of aromatic nitrogens is 1. The summed E-state index contributed by atoms with van der Waals surface area (Å²) in [7, 11) is 3.32. The van der Waals surface area contributed by atoms with Crippen LogP contribution in [-0.4, -0.2) is 25.3 Å². The maximum atomic E-state index is 10.8. The number of benzene rings is 3. The minimum Gasteiger partial charge on any atom is -0.497 e. The molecule has 35 heavy (non-hydrogen) atoms. The summed E-state index contributed by atoms with van der Waals surface area (Å²) in [4.78, 5) is 13.0. The van der Waals surface area contributed by atoms with Gasteiger partial charge >= 0.3 is 5.97 Å². The Morgan fingerprint density at radius 1 is 0.714 bits per heavy atom. The van der Waals surface area contributed by atoms with Crippen LogP contribution in [0.4, 0.5) is 17.1 Å². The van der Waals surface area contributed by atoms with Crippen LogP contribution < -0.4 is 18.9 Å². The van der Waals surface area contributed by atoms with Crippen LogP contribution >= 0.6 is 0 Å². The zero-order chi connectivity index (χ0) is 24.6. The molecule has 0 spiro atoms. The summed E-state index contributed by atoms with van der Waals surface area (Å²) in [6, 6.07) is 28.0. The Hall–Kier alpha value is -4.58. The van der Waals surface area contributed by atoms with Gasteiger partial charge in [-0.3, -0.25) is 0 Å². The highest BCUT2D eigenvalue weighted by molar-refractivity contribution is 5.78. The van der Waals surface area contributed by atoms with Crippen molar-refractivity contribution in [2.45, 2.75) is 6.54 Å². The lowest BCUT2D eigenvalue weighted by atomic mass is 10.1. The molecule has 0 unspecified atom stereocenters. The highest BCUT2D eigenvalue weighted by atomic mass is 16.5. The third-order valence-electron chi connectivity index (χ3n) is 5.52. The van der Waals surface area contributed by atoms with E-state index in [9.17, 15) is 4.79 Å². The predicted molar refractivity (Wildman–Crippen MR) is 137 cm³/mol. The Morgan fingerprint density at radius 2 is 1.11 bits per heavy atom. The van der Waals surface area contributed by atoms with Crippen molar-refractivity contribution in [2.75, 3.05) is 19.1 Å². The molecule has 0 atom stereocenters. The van der Waals surface area contributed by atoms with Crippen LogP contribution in [0.2, 0.25) is 0 Å². The maximum Gasteiger partial charge on any atom is 0.370 e. The molecule has 1 aromatic heterocycles. The highest BCUT2D eigenvalue weighted by Crippen LogP contribution is 2.36. The first-order valence-corrected chi connectivity index (χ1v) is 11.1. The second-order valence-electron chi connectivity index (χ2n) is 7.85. The second-order valence-corrected chi connectivity index (χ2v) is 7.85. The third kappa shape index (κ3) is 6.06. The van der Waals surface area contributed by atoms with E-state index in [0.29, 0.717) is 0 Å². The van der Waals surface area contributed by atoms with Gasteiger partial charge < -0.3 is 19.5 Å². The van der Waals surface area contributed by atoms with E-state index in [-0.39, 0.29) is 6.54 Å². The van der Waals surface area contributed by atoms with Crippen LogP contribution in [0.5, 0.6) is 11.5 Å². The lowest BCUT2D eigenvalue weighted by Gasteiger charge is -2.26. The second kappa shape index (κ2) is 11.0. The Kier molecular flexibility index (Phi) is 7.43. The van der Waals surface area contributed by atoms with Crippen molar-refractivity contribution < 1.29 is 23.9 Å². The number of carboxylic acid groups (broad SMARTS) is 1. The monoisotopic (exact) mass is 467 g/mol. The molecule has 4 aromatic rings. The van der Waals surface area contributed by atoms with Crippen molar-refractivity contribution in [2.24, 2.45) is 0 Å². The zero-order valence-electron chi connectivity index (χ0n) is 19.7. The normalized spacial score (nSPS) is 10.8. The quantitative estimate of drug-likeness (QED) is 0.319. The molecule has 1 heterocycles. The molecule has 0 saturated heterocycles. The van der Waals surface area contributed by atoms with Gasteiger partial charge in [-0.1, -0.05) is 24.3 Å². The molecule has 3 aromatic carbocycles. The SMILES string of the molecule is COc1ccc(N(c2ccc(C=Cc3cc[n+](CC(=O)O)cc3)cc2)c2ccc(OC)cc2)cc1. The van der Waals surface area contributed by atoms with E-state index in [2.05, 4.69) is 29.2 Å². The molecule has 4 rings (SSSR count). The van der Waals surface area contributed by atoms with Crippen LogP contribution in [0, 0.1) is 0 Å². The van der Waals surface area contributed by atoms with E-state index in [1.807, 2.05) is 72.8 Å². The molecule has 0 amide bonds. The van der Waals surface area contributed by atoms with Crippen molar-refractivity contribution in [3.63, 3.8) is 0 Å². The van der Waals surface area contributed by atoms with Crippen molar-refractivity contribution in [3.05, 3.63) is 108 Å². The van der Waals surface area contributed by atoms with Gasteiger partial charge in [-0.2, -0.15) is 4.57 Å². The molecule has 176 valence electrons. The Bertz CT molecular complexity index is 1230. The zero-order valence-corrected chi connectivity index (χ0v) is 19.7. The van der Waals surface area contributed by atoms with Crippen LogP contribution in [0.25, 0.3) is 12.2 Å². The fourth-order valence-electron chi connectivity index (χ4n) is 3.68. The molecule has 0 saturated carbocycles. The Labute approximate surface area is 204 Å². The van der Waals surface area contributed by atoms with E-state index in [1.54, 1.807) is 31.2 Å². The summed E-state index contributed by atoms with van der Waals surface area (Å²) < 4.78 is 12.3. The first-order chi connectivity index (χ1) is 17.1. The van der Waals surface area contributed by atoms with Gasteiger partial charge in [0, 0.05) is 29.2 Å². The first-order valence-electron chi connectivity index (χ1n) is 11.1. The predicted octanol–water partition coefficient (Wildman–Crippen LogP) is 5.72. The molecular formula is C29H27N2O4+. The molecule has 6 heteroatoms. The smallest absolute Gasteiger partial charge is 0.370 e. The average molecular weight is 468 g/mol. The maximum absolute atomic E-state index is 10.8. The molecule has 0 aliphatic heterocycles. The van der Waals surface area contributed by atoms with Gasteiger partial charge in [0.05, 0.1) is 14.2 Å². The number of methoxy groups -OCH3 is 2.